The van der Waals surface area contributed by atoms with Crippen LogP contribution in [0.25, 0.3) is 11.1 Å². The molecule has 36 heavy (non-hydrogen) atoms. The minimum Gasteiger partial charge on any atom is -0.356 e. The lowest BCUT2D eigenvalue weighted by molar-refractivity contribution is 0.0927. The van der Waals surface area contributed by atoms with E-state index >= 15 is 4.39 Å². The Labute approximate surface area is 212 Å². The Kier molecular flexibility index (Phi) is 7.53. The van der Waals surface area contributed by atoms with Gasteiger partial charge in [0.2, 0.25) is 0 Å². The fraction of sp³-hybridized carbons (Fsp3) is 0.393. The van der Waals surface area contributed by atoms with Crippen molar-refractivity contribution in [3.05, 3.63) is 78.0 Å². The summed E-state index contributed by atoms with van der Waals surface area (Å²) in [7, 11) is 2.17. The molecular weight excluding hydrogens is 455 g/mol. The van der Waals surface area contributed by atoms with Gasteiger partial charge in [-0.25, -0.2) is 9.37 Å². The Bertz CT molecular complexity index is 1160. The van der Waals surface area contributed by atoms with Gasteiger partial charge >= 0.3 is 0 Å². The van der Waals surface area contributed by atoms with E-state index in [1.807, 2.05) is 6.20 Å². The lowest BCUT2D eigenvalue weighted by Crippen LogP contribution is -2.45. The first-order valence-corrected chi connectivity index (χ1v) is 12.7. The predicted molar refractivity (Wildman–Crippen MR) is 139 cm³/mol. The first-order chi connectivity index (χ1) is 17.6. The van der Waals surface area contributed by atoms with E-state index in [2.05, 4.69) is 44.2 Å². The average Bonchev–Trinajstić information content (AvgIpc) is 2.91. The second-order valence-electron chi connectivity index (χ2n) is 9.75. The topological polar surface area (TPSA) is 64.6 Å². The average molecular weight is 489 g/mol. The summed E-state index contributed by atoms with van der Waals surface area (Å²) in [5, 5.41) is 3.03. The van der Waals surface area contributed by atoms with E-state index in [0.717, 1.165) is 64.5 Å². The molecule has 1 amide bonds. The van der Waals surface area contributed by atoms with Crippen LogP contribution in [0.5, 0.6) is 0 Å². The van der Waals surface area contributed by atoms with Crippen LogP contribution < -0.4 is 10.2 Å². The van der Waals surface area contributed by atoms with Crippen LogP contribution in [0.3, 0.4) is 0 Å². The number of aromatic nitrogens is 2. The van der Waals surface area contributed by atoms with Crippen LogP contribution in [0, 0.1) is 5.82 Å². The fourth-order valence-electron chi connectivity index (χ4n) is 4.93. The summed E-state index contributed by atoms with van der Waals surface area (Å²) in [5.41, 5.74) is 2.34. The first kappa shape index (κ1) is 24.3. The molecule has 0 bridgehead atoms. The van der Waals surface area contributed by atoms with Crippen molar-refractivity contribution in [1.82, 2.24) is 25.1 Å². The highest BCUT2D eigenvalue weighted by atomic mass is 19.1. The highest BCUT2D eigenvalue weighted by Crippen LogP contribution is 2.25. The second-order valence-corrected chi connectivity index (χ2v) is 9.75. The van der Waals surface area contributed by atoms with Crippen LogP contribution in [-0.4, -0.2) is 78.0 Å². The zero-order valence-corrected chi connectivity index (χ0v) is 20.7. The lowest BCUT2D eigenvalue weighted by atomic mass is 10.0. The van der Waals surface area contributed by atoms with E-state index in [1.165, 1.54) is 11.6 Å². The van der Waals surface area contributed by atoms with Crippen LogP contribution >= 0.6 is 0 Å². The minimum atomic E-state index is -0.513. The number of benzene rings is 1. The van der Waals surface area contributed by atoms with E-state index in [1.54, 1.807) is 36.7 Å². The molecule has 7 nitrogen and oxygen atoms in total. The van der Waals surface area contributed by atoms with E-state index in [9.17, 15) is 4.79 Å². The zero-order chi connectivity index (χ0) is 24.9. The third kappa shape index (κ3) is 5.71. The normalized spacial score (nSPS) is 17.8. The summed E-state index contributed by atoms with van der Waals surface area (Å²) in [6, 6.07) is 12.7. The highest BCUT2D eigenvalue weighted by molar-refractivity contribution is 5.96. The summed E-state index contributed by atoms with van der Waals surface area (Å²) in [5.74, 6) is 0.0847. The van der Waals surface area contributed by atoms with Gasteiger partial charge in [-0.3, -0.25) is 14.7 Å². The summed E-state index contributed by atoms with van der Waals surface area (Å²) in [6.07, 6.45) is 6.81. The molecule has 1 aromatic carbocycles. The Morgan fingerprint density at radius 2 is 1.81 bits per heavy atom. The number of amides is 1. The number of hydrogen-bond acceptors (Lipinski definition) is 6. The monoisotopic (exact) mass is 488 g/mol. The fourth-order valence-corrected chi connectivity index (χ4v) is 4.93. The summed E-state index contributed by atoms with van der Waals surface area (Å²) in [6.45, 7) is 6.94. The lowest BCUT2D eigenvalue weighted by Gasteiger charge is -2.34. The van der Waals surface area contributed by atoms with Crippen LogP contribution in [0.1, 0.15) is 28.8 Å². The van der Waals surface area contributed by atoms with Gasteiger partial charge in [-0.05, 0) is 43.7 Å². The van der Waals surface area contributed by atoms with Crippen molar-refractivity contribution in [3.63, 3.8) is 0 Å². The number of halogens is 1. The van der Waals surface area contributed by atoms with Crippen molar-refractivity contribution < 1.29 is 9.18 Å². The largest absolute Gasteiger partial charge is 0.356 e. The molecule has 0 radical (unpaired) electrons. The quantitative estimate of drug-likeness (QED) is 0.574. The van der Waals surface area contributed by atoms with Gasteiger partial charge in [0.15, 0.2) is 0 Å². The highest BCUT2D eigenvalue weighted by Gasteiger charge is 2.24. The molecule has 188 valence electrons. The Hall–Kier alpha value is -3.36. The number of piperazine rings is 1. The van der Waals surface area contributed by atoms with Crippen LogP contribution in [0.4, 0.5) is 10.2 Å². The Balaban J connectivity index is 1.14. The third-order valence-corrected chi connectivity index (χ3v) is 7.18. The molecule has 0 atom stereocenters. The Morgan fingerprint density at radius 3 is 2.50 bits per heavy atom. The van der Waals surface area contributed by atoms with Crippen molar-refractivity contribution in [3.8, 4) is 11.1 Å². The van der Waals surface area contributed by atoms with Gasteiger partial charge < -0.3 is 15.1 Å². The molecular formula is C28H33FN6O. The van der Waals surface area contributed by atoms with Gasteiger partial charge in [0.05, 0.1) is 5.56 Å². The van der Waals surface area contributed by atoms with E-state index in [-0.39, 0.29) is 17.5 Å². The molecule has 0 spiro atoms. The van der Waals surface area contributed by atoms with E-state index in [4.69, 9.17) is 4.98 Å². The molecule has 5 rings (SSSR count). The predicted octanol–water partition coefficient (Wildman–Crippen LogP) is 3.43. The molecule has 0 aliphatic carbocycles. The molecule has 2 saturated heterocycles. The minimum absolute atomic E-state index is 0.00621. The molecule has 0 unspecified atom stereocenters. The van der Waals surface area contributed by atoms with Gasteiger partial charge in [0, 0.05) is 81.6 Å². The maximum absolute atomic E-state index is 15.1. The van der Waals surface area contributed by atoms with E-state index in [0.29, 0.717) is 11.1 Å². The Morgan fingerprint density at radius 1 is 1.00 bits per heavy atom. The van der Waals surface area contributed by atoms with Crippen LogP contribution in [-0.2, 0) is 6.54 Å². The maximum Gasteiger partial charge on any atom is 0.254 e. The molecule has 8 heteroatoms. The van der Waals surface area contributed by atoms with Gasteiger partial charge in [-0.2, -0.15) is 0 Å². The van der Waals surface area contributed by atoms with Gasteiger partial charge in [0.1, 0.15) is 11.6 Å². The van der Waals surface area contributed by atoms with E-state index < -0.39 is 5.82 Å². The standard InChI is InChI=1S/C28H33FN6O/c1-33-14-16-34(17-15-33)20-21-7-8-26(31-18-21)35-12-9-23(10-13-35)32-28(36)25-6-2-5-24(27(25)29)22-4-3-11-30-19-22/h2-8,11,18-19,23H,9-10,12-17,20H2,1H3,(H,32,36). The van der Waals surface area contributed by atoms with Gasteiger partial charge in [-0.1, -0.05) is 24.3 Å². The van der Waals surface area contributed by atoms with Crippen molar-refractivity contribution >= 4 is 11.7 Å². The number of carbonyl (C=O) groups excluding carboxylic acids is 1. The number of hydrogen-bond donors (Lipinski definition) is 1. The van der Waals surface area contributed by atoms with Crippen molar-refractivity contribution in [2.75, 3.05) is 51.2 Å². The van der Waals surface area contributed by atoms with Gasteiger partial charge in [0.25, 0.3) is 5.91 Å². The number of anilines is 1. The molecule has 2 aliphatic heterocycles. The zero-order valence-electron chi connectivity index (χ0n) is 20.7. The maximum atomic E-state index is 15.1. The van der Waals surface area contributed by atoms with Crippen molar-refractivity contribution in [2.45, 2.75) is 25.4 Å². The molecule has 1 N–H and O–H groups in total. The SMILES string of the molecule is CN1CCN(Cc2ccc(N3CCC(NC(=O)c4cccc(-c5cccnc5)c4F)CC3)nc2)CC1. The van der Waals surface area contributed by atoms with Crippen molar-refractivity contribution in [1.29, 1.82) is 0 Å². The van der Waals surface area contributed by atoms with Crippen molar-refractivity contribution in [2.24, 2.45) is 0 Å². The number of likely N-dealkylation sites (N-methyl/N-ethyl adjacent to an activating group) is 1. The second kappa shape index (κ2) is 11.1. The smallest absolute Gasteiger partial charge is 0.254 e. The molecule has 3 aromatic rings. The number of nitrogens with zero attached hydrogens (tertiary/aromatic N) is 5. The van der Waals surface area contributed by atoms with Gasteiger partial charge in [-0.15, -0.1) is 0 Å². The van der Waals surface area contributed by atoms with Crippen LogP contribution in [0.2, 0.25) is 0 Å². The summed E-state index contributed by atoms with van der Waals surface area (Å²) < 4.78 is 15.1. The molecule has 2 aromatic heterocycles. The van der Waals surface area contributed by atoms with Crippen LogP contribution in [0.15, 0.2) is 61.1 Å². The first-order valence-electron chi connectivity index (χ1n) is 12.7. The number of piperidine rings is 1. The number of pyridine rings is 2. The summed E-state index contributed by atoms with van der Waals surface area (Å²) in [4.78, 5) is 28.7. The molecule has 0 saturated carbocycles. The molecule has 2 fully saturated rings. The third-order valence-electron chi connectivity index (χ3n) is 7.18. The summed E-state index contributed by atoms with van der Waals surface area (Å²) >= 11 is 0. The number of nitrogens with one attached hydrogen (secondary N) is 1. The molecule has 4 heterocycles. The number of rotatable bonds is 6. The molecule has 2 aliphatic rings. The number of carbonyl (C=O) groups is 1.